The van der Waals surface area contributed by atoms with E-state index in [-0.39, 0.29) is 10.8 Å². The minimum Gasteiger partial charge on any atom is -0.384 e. The number of halogens is 2. The molecule has 0 aromatic heterocycles. The Bertz CT molecular complexity index is 725. The maximum Gasteiger partial charge on any atom is 0.187 e. The Morgan fingerprint density at radius 3 is 2.50 bits per heavy atom. The molecule has 2 rings (SSSR count). The number of carbonyl (C=O) groups is 1. The molecule has 0 aliphatic carbocycles. The van der Waals surface area contributed by atoms with E-state index in [4.69, 9.17) is 23.2 Å². The van der Waals surface area contributed by atoms with Gasteiger partial charge < -0.3 is 10.2 Å². The van der Waals surface area contributed by atoms with Gasteiger partial charge in [0.15, 0.2) is 5.78 Å². The third kappa shape index (κ3) is 5.38. The second-order valence-electron chi connectivity index (χ2n) is 5.65. The summed E-state index contributed by atoms with van der Waals surface area (Å²) in [4.78, 5) is 14.3. The van der Waals surface area contributed by atoms with Crippen molar-refractivity contribution >= 4 is 40.7 Å². The number of nitrogens with one attached hydrogen (secondary N) is 1. The molecule has 0 heterocycles. The van der Waals surface area contributed by atoms with Crippen LogP contribution in [0.2, 0.25) is 10.0 Å². The van der Waals surface area contributed by atoms with Crippen molar-refractivity contribution in [3.63, 3.8) is 0 Å². The van der Waals surface area contributed by atoms with Crippen LogP contribution in [0.1, 0.15) is 15.9 Å². The van der Waals surface area contributed by atoms with Crippen LogP contribution in [0.3, 0.4) is 0 Å². The van der Waals surface area contributed by atoms with Crippen LogP contribution in [-0.2, 0) is 0 Å². The summed E-state index contributed by atoms with van der Waals surface area (Å²) in [6.07, 6.45) is 3.27. The van der Waals surface area contributed by atoms with Crippen LogP contribution in [0, 0.1) is 0 Å². The van der Waals surface area contributed by atoms with Gasteiger partial charge in [0, 0.05) is 24.3 Å². The predicted octanol–water partition coefficient (Wildman–Crippen LogP) is 4.86. The van der Waals surface area contributed by atoms with Gasteiger partial charge in [-0.05, 0) is 50.0 Å². The molecular weight excluding hydrogens is 343 g/mol. The van der Waals surface area contributed by atoms with E-state index in [0.29, 0.717) is 10.6 Å². The van der Waals surface area contributed by atoms with Crippen LogP contribution in [0.5, 0.6) is 0 Å². The molecule has 0 spiro atoms. The molecule has 0 amide bonds. The zero-order chi connectivity index (χ0) is 17.5. The molecule has 5 heteroatoms. The molecule has 126 valence electrons. The number of rotatable bonds is 7. The van der Waals surface area contributed by atoms with E-state index in [1.165, 1.54) is 6.08 Å². The van der Waals surface area contributed by atoms with Gasteiger partial charge in [0.05, 0.1) is 10.0 Å². The zero-order valence-electron chi connectivity index (χ0n) is 13.7. The molecule has 0 unspecified atom stereocenters. The number of benzene rings is 2. The highest BCUT2D eigenvalue weighted by Gasteiger charge is 2.09. The Labute approximate surface area is 152 Å². The number of allylic oxidation sites excluding steroid dienone is 1. The van der Waals surface area contributed by atoms with E-state index in [0.717, 1.165) is 24.3 Å². The summed E-state index contributed by atoms with van der Waals surface area (Å²) in [5.41, 5.74) is 2.40. The molecular formula is C19H20Cl2N2O. The summed E-state index contributed by atoms with van der Waals surface area (Å²) in [7, 11) is 4.08. The molecule has 0 aliphatic heterocycles. The Hall–Kier alpha value is -1.81. The third-order valence-corrected chi connectivity index (χ3v) is 4.26. The second-order valence-corrected chi connectivity index (χ2v) is 6.44. The minimum absolute atomic E-state index is 0.171. The first kappa shape index (κ1) is 18.5. The highest BCUT2D eigenvalue weighted by atomic mass is 35.5. The number of likely N-dealkylation sites (N-methyl/N-ethyl adjacent to an activating group) is 1. The Morgan fingerprint density at radius 2 is 1.83 bits per heavy atom. The predicted molar refractivity (Wildman–Crippen MR) is 103 cm³/mol. The monoisotopic (exact) mass is 362 g/mol. The van der Waals surface area contributed by atoms with Gasteiger partial charge in [0.25, 0.3) is 0 Å². The lowest BCUT2D eigenvalue weighted by Crippen LogP contribution is -2.20. The van der Waals surface area contributed by atoms with Crippen molar-refractivity contribution in [2.75, 3.05) is 32.5 Å². The van der Waals surface area contributed by atoms with Gasteiger partial charge in [-0.3, -0.25) is 4.79 Å². The van der Waals surface area contributed by atoms with Crippen molar-refractivity contribution in [3.05, 3.63) is 69.7 Å². The quantitative estimate of drug-likeness (QED) is 0.563. The zero-order valence-corrected chi connectivity index (χ0v) is 15.2. The van der Waals surface area contributed by atoms with Gasteiger partial charge in [-0.1, -0.05) is 47.5 Å². The van der Waals surface area contributed by atoms with E-state index < -0.39 is 0 Å². The highest BCUT2D eigenvalue weighted by Crippen LogP contribution is 2.26. The van der Waals surface area contributed by atoms with Crippen LogP contribution in [0.15, 0.2) is 48.5 Å². The van der Waals surface area contributed by atoms with Gasteiger partial charge in [-0.15, -0.1) is 0 Å². The van der Waals surface area contributed by atoms with Gasteiger partial charge in [0.2, 0.25) is 0 Å². The number of anilines is 1. The Balaban J connectivity index is 1.99. The van der Waals surface area contributed by atoms with Gasteiger partial charge in [0.1, 0.15) is 0 Å². The maximum atomic E-state index is 12.2. The first-order valence-corrected chi connectivity index (χ1v) is 8.38. The molecule has 0 saturated heterocycles. The molecule has 24 heavy (non-hydrogen) atoms. The molecule has 3 nitrogen and oxygen atoms in total. The van der Waals surface area contributed by atoms with E-state index in [1.54, 1.807) is 24.3 Å². The summed E-state index contributed by atoms with van der Waals surface area (Å²) in [6, 6.07) is 12.9. The summed E-state index contributed by atoms with van der Waals surface area (Å²) >= 11 is 12.0. The Morgan fingerprint density at radius 1 is 1.12 bits per heavy atom. The number of hydrogen-bond donors (Lipinski definition) is 1. The highest BCUT2D eigenvalue weighted by molar-refractivity contribution is 6.44. The average Bonchev–Trinajstić information content (AvgIpc) is 2.56. The Kier molecular flexibility index (Phi) is 6.85. The first-order chi connectivity index (χ1) is 11.5. The molecule has 0 aliphatic rings. The standard InChI is InChI=1S/C19H20Cl2N2O/c1-23(2)13-12-22-15-9-6-14(7-10-15)8-11-18(24)16-4-3-5-17(20)19(16)21/h3-11,22H,12-13H2,1-2H3. The minimum atomic E-state index is -0.171. The summed E-state index contributed by atoms with van der Waals surface area (Å²) in [5.74, 6) is -0.171. The fraction of sp³-hybridized carbons (Fsp3) is 0.211. The number of nitrogens with zero attached hydrogens (tertiary/aromatic N) is 1. The molecule has 2 aromatic carbocycles. The van der Waals surface area contributed by atoms with E-state index >= 15 is 0 Å². The van der Waals surface area contributed by atoms with E-state index in [1.807, 2.05) is 38.4 Å². The van der Waals surface area contributed by atoms with Crippen molar-refractivity contribution in [3.8, 4) is 0 Å². The van der Waals surface area contributed by atoms with Crippen LogP contribution in [0.4, 0.5) is 5.69 Å². The summed E-state index contributed by atoms with van der Waals surface area (Å²) < 4.78 is 0. The van der Waals surface area contributed by atoms with Crippen LogP contribution in [0.25, 0.3) is 6.08 Å². The third-order valence-electron chi connectivity index (χ3n) is 3.44. The lowest BCUT2D eigenvalue weighted by molar-refractivity contribution is 0.104. The SMILES string of the molecule is CN(C)CCNc1ccc(C=CC(=O)c2cccc(Cl)c2Cl)cc1. The van der Waals surface area contributed by atoms with Crippen molar-refractivity contribution < 1.29 is 4.79 Å². The number of carbonyl (C=O) groups excluding carboxylic acids is 1. The van der Waals surface area contributed by atoms with Crippen LogP contribution in [-0.4, -0.2) is 37.9 Å². The van der Waals surface area contributed by atoms with Crippen molar-refractivity contribution in [2.24, 2.45) is 0 Å². The molecule has 0 atom stereocenters. The van der Waals surface area contributed by atoms with Gasteiger partial charge >= 0.3 is 0 Å². The molecule has 2 aromatic rings. The molecule has 1 N–H and O–H groups in total. The number of hydrogen-bond acceptors (Lipinski definition) is 3. The smallest absolute Gasteiger partial charge is 0.187 e. The molecule has 0 bridgehead atoms. The molecule has 0 radical (unpaired) electrons. The lowest BCUT2D eigenvalue weighted by atomic mass is 10.1. The van der Waals surface area contributed by atoms with Crippen LogP contribution >= 0.6 is 23.2 Å². The maximum absolute atomic E-state index is 12.2. The topological polar surface area (TPSA) is 32.3 Å². The van der Waals surface area contributed by atoms with Gasteiger partial charge in [-0.25, -0.2) is 0 Å². The van der Waals surface area contributed by atoms with Crippen molar-refractivity contribution in [2.45, 2.75) is 0 Å². The van der Waals surface area contributed by atoms with Crippen molar-refractivity contribution in [1.29, 1.82) is 0 Å². The van der Waals surface area contributed by atoms with E-state index in [9.17, 15) is 4.79 Å². The largest absolute Gasteiger partial charge is 0.384 e. The van der Waals surface area contributed by atoms with E-state index in [2.05, 4.69) is 10.2 Å². The second kappa shape index (κ2) is 8.88. The molecule has 0 fully saturated rings. The van der Waals surface area contributed by atoms with Crippen LogP contribution < -0.4 is 5.32 Å². The molecule has 0 saturated carbocycles. The number of ketones is 1. The first-order valence-electron chi connectivity index (χ1n) is 7.62. The fourth-order valence-electron chi connectivity index (χ4n) is 2.09. The van der Waals surface area contributed by atoms with Gasteiger partial charge in [-0.2, -0.15) is 0 Å². The average molecular weight is 363 g/mol. The summed E-state index contributed by atoms with van der Waals surface area (Å²) in [5, 5.41) is 4.01. The lowest BCUT2D eigenvalue weighted by Gasteiger charge is -2.11. The fourth-order valence-corrected chi connectivity index (χ4v) is 2.49. The normalized spacial score (nSPS) is 11.2. The summed E-state index contributed by atoms with van der Waals surface area (Å²) in [6.45, 7) is 1.85. The van der Waals surface area contributed by atoms with Crippen molar-refractivity contribution in [1.82, 2.24) is 4.90 Å².